The van der Waals surface area contributed by atoms with E-state index in [0.29, 0.717) is 23.1 Å². The smallest absolute Gasteiger partial charge is 0.253 e. The van der Waals surface area contributed by atoms with Gasteiger partial charge in [-0.25, -0.2) is 4.98 Å². The first-order valence-corrected chi connectivity index (χ1v) is 10.0. The molecule has 1 amide bonds. The molecule has 2 aromatic carbocycles. The molecule has 1 N–H and O–H groups in total. The van der Waals surface area contributed by atoms with Crippen molar-refractivity contribution in [2.75, 3.05) is 14.1 Å². The van der Waals surface area contributed by atoms with Crippen LogP contribution in [0.1, 0.15) is 39.3 Å². The van der Waals surface area contributed by atoms with Crippen LogP contribution in [-0.2, 0) is 19.9 Å². The standard InChI is InChI=1S/C23H24ClN3O2/c1-13-25-21-20(27(13)4)12-19(23(29)26(2)3)18(22(21)28)9-7-14-5-6-15-11-16(24)8-10-17(14)15/h7-8,10-12,28H,5-6,9H2,1-4H3. The Morgan fingerprint density at radius 3 is 2.79 bits per heavy atom. The average Bonchev–Trinajstić information content (AvgIpc) is 3.21. The summed E-state index contributed by atoms with van der Waals surface area (Å²) in [6.45, 7) is 1.88. The minimum absolute atomic E-state index is 0.0857. The first kappa shape index (κ1) is 19.5. The third-order valence-electron chi connectivity index (χ3n) is 5.75. The van der Waals surface area contributed by atoms with E-state index in [1.807, 2.05) is 42.8 Å². The zero-order valence-electron chi connectivity index (χ0n) is 17.1. The molecule has 0 saturated heterocycles. The van der Waals surface area contributed by atoms with Gasteiger partial charge in [-0.3, -0.25) is 4.79 Å². The van der Waals surface area contributed by atoms with Crippen LogP contribution in [0.2, 0.25) is 5.02 Å². The number of phenols is 1. The molecule has 29 heavy (non-hydrogen) atoms. The molecule has 0 saturated carbocycles. The van der Waals surface area contributed by atoms with Gasteiger partial charge >= 0.3 is 0 Å². The van der Waals surface area contributed by atoms with E-state index in [0.717, 1.165) is 29.2 Å². The number of benzene rings is 2. The van der Waals surface area contributed by atoms with E-state index in [2.05, 4.69) is 11.1 Å². The number of carbonyl (C=O) groups is 1. The van der Waals surface area contributed by atoms with Crippen molar-refractivity contribution >= 4 is 34.1 Å². The number of imidazole rings is 1. The van der Waals surface area contributed by atoms with Crippen molar-refractivity contribution < 1.29 is 9.90 Å². The number of aromatic hydroxyl groups is 1. The predicted molar refractivity (Wildman–Crippen MR) is 117 cm³/mol. The summed E-state index contributed by atoms with van der Waals surface area (Å²) in [6, 6.07) is 7.81. The number of phenolic OH excluding ortho intramolecular Hbond substituents is 1. The summed E-state index contributed by atoms with van der Waals surface area (Å²) in [6.07, 6.45) is 4.46. The Balaban J connectivity index is 1.82. The minimum atomic E-state index is -0.131. The van der Waals surface area contributed by atoms with Crippen LogP contribution in [0.3, 0.4) is 0 Å². The second-order valence-corrected chi connectivity index (χ2v) is 8.21. The van der Waals surface area contributed by atoms with E-state index < -0.39 is 0 Å². The van der Waals surface area contributed by atoms with Gasteiger partial charge < -0.3 is 14.6 Å². The third kappa shape index (κ3) is 3.29. The van der Waals surface area contributed by atoms with Crippen LogP contribution in [0.25, 0.3) is 16.6 Å². The molecule has 1 heterocycles. The molecule has 0 fully saturated rings. The number of amides is 1. The topological polar surface area (TPSA) is 58.4 Å². The molecular formula is C23H24ClN3O2. The van der Waals surface area contributed by atoms with Crippen molar-refractivity contribution in [3.05, 3.63) is 63.4 Å². The quantitative estimate of drug-likeness (QED) is 0.692. The Hall–Kier alpha value is -2.79. The van der Waals surface area contributed by atoms with Crippen LogP contribution in [0.5, 0.6) is 5.75 Å². The molecule has 0 unspecified atom stereocenters. The first-order valence-electron chi connectivity index (χ1n) is 9.65. The van der Waals surface area contributed by atoms with Crippen LogP contribution in [0.15, 0.2) is 30.3 Å². The summed E-state index contributed by atoms with van der Waals surface area (Å²) in [5.74, 6) is 0.742. The van der Waals surface area contributed by atoms with Gasteiger partial charge in [0, 0.05) is 37.3 Å². The highest BCUT2D eigenvalue weighted by molar-refractivity contribution is 6.30. The monoisotopic (exact) mass is 409 g/mol. The summed E-state index contributed by atoms with van der Waals surface area (Å²) in [5, 5.41) is 11.8. The minimum Gasteiger partial charge on any atom is -0.505 e. The molecular weight excluding hydrogens is 386 g/mol. The Bertz CT molecular complexity index is 1170. The fourth-order valence-electron chi connectivity index (χ4n) is 4.02. The summed E-state index contributed by atoms with van der Waals surface area (Å²) in [7, 11) is 5.32. The number of aryl methyl sites for hydroxylation is 3. The maximum Gasteiger partial charge on any atom is 0.253 e. The van der Waals surface area contributed by atoms with Gasteiger partial charge in [0.2, 0.25) is 0 Å². The van der Waals surface area contributed by atoms with E-state index in [4.69, 9.17) is 11.6 Å². The molecule has 3 aromatic rings. The Morgan fingerprint density at radius 2 is 2.07 bits per heavy atom. The van der Waals surface area contributed by atoms with Crippen molar-refractivity contribution in [3.8, 4) is 5.75 Å². The second kappa shape index (κ2) is 7.23. The Kier molecular flexibility index (Phi) is 4.87. The zero-order chi connectivity index (χ0) is 20.9. The molecule has 150 valence electrons. The van der Waals surface area contributed by atoms with Gasteiger partial charge in [-0.15, -0.1) is 0 Å². The molecule has 0 radical (unpaired) electrons. The van der Waals surface area contributed by atoms with Crippen molar-refractivity contribution in [2.45, 2.75) is 26.2 Å². The Morgan fingerprint density at radius 1 is 1.31 bits per heavy atom. The van der Waals surface area contributed by atoms with Crippen molar-refractivity contribution in [1.29, 1.82) is 0 Å². The third-order valence-corrected chi connectivity index (χ3v) is 5.98. The highest BCUT2D eigenvalue weighted by Gasteiger charge is 2.23. The van der Waals surface area contributed by atoms with Gasteiger partial charge in [0.05, 0.1) is 5.52 Å². The molecule has 5 nitrogen and oxygen atoms in total. The van der Waals surface area contributed by atoms with Crippen molar-refractivity contribution in [1.82, 2.24) is 14.5 Å². The molecule has 4 rings (SSSR count). The largest absolute Gasteiger partial charge is 0.505 e. The lowest BCUT2D eigenvalue weighted by Crippen LogP contribution is -2.23. The first-order chi connectivity index (χ1) is 13.8. The van der Waals surface area contributed by atoms with Crippen LogP contribution < -0.4 is 0 Å². The van der Waals surface area contributed by atoms with Crippen LogP contribution in [0.4, 0.5) is 0 Å². The number of hydrogen-bond acceptors (Lipinski definition) is 3. The van der Waals surface area contributed by atoms with E-state index >= 15 is 0 Å². The van der Waals surface area contributed by atoms with Gasteiger partial charge in [-0.05, 0) is 61.1 Å². The summed E-state index contributed by atoms with van der Waals surface area (Å²) < 4.78 is 1.89. The summed E-state index contributed by atoms with van der Waals surface area (Å²) >= 11 is 6.12. The SMILES string of the molecule is Cc1nc2c(O)c(CC=C3CCc4cc(Cl)ccc43)c(C(=O)N(C)C)cc2n1C. The number of aromatic nitrogens is 2. The average molecular weight is 410 g/mol. The van der Waals surface area contributed by atoms with Gasteiger partial charge in [-0.2, -0.15) is 0 Å². The number of nitrogens with zero attached hydrogens (tertiary/aromatic N) is 3. The fourth-order valence-corrected chi connectivity index (χ4v) is 4.22. The van der Waals surface area contributed by atoms with E-state index in [9.17, 15) is 9.90 Å². The number of fused-ring (bicyclic) bond motifs is 2. The Labute approximate surface area is 175 Å². The van der Waals surface area contributed by atoms with Crippen molar-refractivity contribution in [3.63, 3.8) is 0 Å². The molecule has 0 spiro atoms. The molecule has 6 heteroatoms. The van der Waals surface area contributed by atoms with Gasteiger partial charge in [-0.1, -0.05) is 23.7 Å². The van der Waals surface area contributed by atoms with Crippen LogP contribution in [0, 0.1) is 6.92 Å². The molecule has 0 bridgehead atoms. The van der Waals surface area contributed by atoms with Crippen LogP contribution in [-0.4, -0.2) is 39.6 Å². The molecule has 0 aliphatic heterocycles. The van der Waals surface area contributed by atoms with Crippen LogP contribution >= 0.6 is 11.6 Å². The molecule has 1 aliphatic rings. The highest BCUT2D eigenvalue weighted by Crippen LogP contribution is 2.36. The lowest BCUT2D eigenvalue weighted by atomic mass is 9.98. The van der Waals surface area contributed by atoms with E-state index in [1.165, 1.54) is 21.6 Å². The number of hydrogen-bond donors (Lipinski definition) is 1. The summed E-state index contributed by atoms with van der Waals surface area (Å²) in [5.41, 5.74) is 6.07. The number of rotatable bonds is 3. The maximum absolute atomic E-state index is 12.9. The highest BCUT2D eigenvalue weighted by atomic mass is 35.5. The van der Waals surface area contributed by atoms with E-state index in [-0.39, 0.29) is 11.7 Å². The molecule has 1 aliphatic carbocycles. The van der Waals surface area contributed by atoms with Gasteiger partial charge in [0.1, 0.15) is 17.1 Å². The van der Waals surface area contributed by atoms with E-state index in [1.54, 1.807) is 14.1 Å². The molecule has 1 aromatic heterocycles. The lowest BCUT2D eigenvalue weighted by Gasteiger charge is -2.16. The van der Waals surface area contributed by atoms with Gasteiger partial charge in [0.25, 0.3) is 5.91 Å². The predicted octanol–water partition coefficient (Wildman–Crippen LogP) is 4.51. The number of carbonyl (C=O) groups excluding carboxylic acids is 1. The van der Waals surface area contributed by atoms with Gasteiger partial charge in [0.15, 0.2) is 0 Å². The maximum atomic E-state index is 12.9. The summed E-state index contributed by atoms with van der Waals surface area (Å²) in [4.78, 5) is 18.9. The number of allylic oxidation sites excluding steroid dienone is 2. The second-order valence-electron chi connectivity index (χ2n) is 7.77. The molecule has 0 atom stereocenters. The number of halogens is 1. The normalized spacial score (nSPS) is 14.6. The zero-order valence-corrected chi connectivity index (χ0v) is 17.8. The van der Waals surface area contributed by atoms with Crippen molar-refractivity contribution in [2.24, 2.45) is 7.05 Å². The lowest BCUT2D eigenvalue weighted by molar-refractivity contribution is 0.0826. The fraction of sp³-hybridized carbons (Fsp3) is 0.304.